The van der Waals surface area contributed by atoms with E-state index in [2.05, 4.69) is 10.3 Å². The Balaban J connectivity index is 1.56. The molecule has 0 radical (unpaired) electrons. The largest absolute Gasteiger partial charge is 0.325 e. The van der Waals surface area contributed by atoms with Gasteiger partial charge in [-0.3, -0.25) is 14.5 Å². The molecule has 2 amide bonds. The molecule has 33 heavy (non-hydrogen) atoms. The maximum Gasteiger partial charge on any atom is 0.283 e. The minimum Gasteiger partial charge on any atom is -0.325 e. The van der Waals surface area contributed by atoms with Crippen LogP contribution in [0.25, 0.3) is 6.08 Å². The first kappa shape index (κ1) is 22.5. The highest BCUT2D eigenvalue weighted by molar-refractivity contribution is 8.14. The molecule has 0 bridgehead atoms. The number of hydrogen-bond acceptors (Lipinski definition) is 4. The van der Waals surface area contributed by atoms with Crippen molar-refractivity contribution in [2.45, 2.75) is 13.8 Å². The molecule has 3 aromatic rings. The molecule has 1 aliphatic heterocycles. The average molecular weight is 460 g/mol. The first-order valence-corrected chi connectivity index (χ1v) is 11.4. The van der Waals surface area contributed by atoms with Gasteiger partial charge in [0.05, 0.1) is 11.4 Å². The second-order valence-corrected chi connectivity index (χ2v) is 8.48. The Kier molecular flexibility index (Phi) is 6.70. The van der Waals surface area contributed by atoms with Gasteiger partial charge in [0, 0.05) is 5.69 Å². The lowest BCUT2D eigenvalue weighted by molar-refractivity contribution is -0.114. The van der Waals surface area contributed by atoms with Gasteiger partial charge < -0.3 is 5.32 Å². The van der Waals surface area contributed by atoms with Gasteiger partial charge in [0.2, 0.25) is 5.91 Å². The third-order valence-electron chi connectivity index (χ3n) is 5.23. The molecule has 0 unspecified atom stereocenters. The lowest BCUT2D eigenvalue weighted by Crippen LogP contribution is -2.31. The number of nitrogens with zero attached hydrogens (tertiary/aromatic N) is 2. The zero-order valence-electron chi connectivity index (χ0n) is 18.2. The number of amidine groups is 1. The normalized spacial score (nSPS) is 14.5. The standard InChI is InChI=1S/C26H22FN3O2S/c1-17-7-6-10-22(18(17)2)28-24(31)16-33-26-29-23(15-19-8-4-3-5-9-19)25(32)30(26)21-13-11-20(27)12-14-21/h3-15H,16H2,1-2H3,(H,28,31)/b23-15+. The van der Waals surface area contributed by atoms with Crippen molar-refractivity contribution in [2.24, 2.45) is 4.99 Å². The Morgan fingerprint density at radius 2 is 1.76 bits per heavy atom. The van der Waals surface area contributed by atoms with Gasteiger partial charge >= 0.3 is 0 Å². The van der Waals surface area contributed by atoms with Crippen molar-refractivity contribution >= 4 is 46.2 Å². The maximum absolute atomic E-state index is 13.5. The van der Waals surface area contributed by atoms with E-state index in [1.807, 2.05) is 62.4 Å². The summed E-state index contributed by atoms with van der Waals surface area (Å²) < 4.78 is 13.5. The molecule has 0 atom stereocenters. The van der Waals surface area contributed by atoms with Crippen molar-refractivity contribution in [3.05, 3.63) is 101 Å². The zero-order chi connectivity index (χ0) is 23.4. The number of aryl methyl sites for hydroxylation is 1. The van der Waals surface area contributed by atoms with Crippen LogP contribution in [-0.4, -0.2) is 22.7 Å². The van der Waals surface area contributed by atoms with E-state index < -0.39 is 5.82 Å². The van der Waals surface area contributed by atoms with Crippen molar-refractivity contribution < 1.29 is 14.0 Å². The second kappa shape index (κ2) is 9.83. The van der Waals surface area contributed by atoms with Crippen molar-refractivity contribution in [1.82, 2.24) is 0 Å². The van der Waals surface area contributed by atoms with E-state index in [1.54, 1.807) is 6.08 Å². The molecule has 1 N–H and O–H groups in total. The molecule has 0 saturated carbocycles. The molecular weight excluding hydrogens is 437 g/mol. The van der Waals surface area contributed by atoms with Crippen LogP contribution in [0.15, 0.2) is 83.5 Å². The van der Waals surface area contributed by atoms with Crippen LogP contribution in [0.1, 0.15) is 16.7 Å². The fourth-order valence-electron chi connectivity index (χ4n) is 3.32. The Morgan fingerprint density at radius 1 is 1.03 bits per heavy atom. The van der Waals surface area contributed by atoms with Crippen LogP contribution in [-0.2, 0) is 9.59 Å². The number of amides is 2. The van der Waals surface area contributed by atoms with E-state index in [1.165, 1.54) is 29.2 Å². The second-order valence-electron chi connectivity index (χ2n) is 7.54. The number of rotatable bonds is 5. The van der Waals surface area contributed by atoms with Crippen LogP contribution in [0.2, 0.25) is 0 Å². The van der Waals surface area contributed by atoms with E-state index in [0.29, 0.717) is 10.9 Å². The van der Waals surface area contributed by atoms with Crippen molar-refractivity contribution in [3.63, 3.8) is 0 Å². The van der Waals surface area contributed by atoms with Gasteiger partial charge in [0.15, 0.2) is 5.17 Å². The van der Waals surface area contributed by atoms with Crippen molar-refractivity contribution in [3.8, 4) is 0 Å². The number of benzene rings is 3. The average Bonchev–Trinajstić information content (AvgIpc) is 3.12. The lowest BCUT2D eigenvalue weighted by Gasteiger charge is -2.18. The highest BCUT2D eigenvalue weighted by Crippen LogP contribution is 2.30. The predicted molar refractivity (Wildman–Crippen MR) is 133 cm³/mol. The molecule has 0 aromatic heterocycles. The summed E-state index contributed by atoms with van der Waals surface area (Å²) in [6.45, 7) is 3.94. The van der Waals surface area contributed by atoms with Crippen molar-refractivity contribution in [1.29, 1.82) is 0 Å². The number of nitrogens with one attached hydrogen (secondary N) is 1. The zero-order valence-corrected chi connectivity index (χ0v) is 19.0. The minimum absolute atomic E-state index is 0.0653. The topological polar surface area (TPSA) is 61.8 Å². The number of carbonyl (C=O) groups is 2. The first-order chi connectivity index (χ1) is 15.9. The van der Waals surface area contributed by atoms with E-state index in [-0.39, 0.29) is 23.3 Å². The van der Waals surface area contributed by atoms with Gasteiger partial charge in [-0.15, -0.1) is 0 Å². The van der Waals surface area contributed by atoms with E-state index >= 15 is 0 Å². The van der Waals surface area contributed by atoms with Crippen LogP contribution >= 0.6 is 11.8 Å². The third-order valence-corrected chi connectivity index (χ3v) is 6.17. The van der Waals surface area contributed by atoms with Crippen LogP contribution in [0.4, 0.5) is 15.8 Å². The summed E-state index contributed by atoms with van der Waals surface area (Å²) in [5.41, 5.74) is 4.42. The molecule has 0 aliphatic carbocycles. The Bertz CT molecular complexity index is 1250. The first-order valence-electron chi connectivity index (χ1n) is 10.4. The molecule has 7 heteroatoms. The molecule has 166 valence electrons. The number of hydrogen-bond donors (Lipinski definition) is 1. The van der Waals surface area contributed by atoms with Crippen LogP contribution in [0, 0.1) is 19.7 Å². The summed E-state index contributed by atoms with van der Waals surface area (Å²) in [6.07, 6.45) is 1.70. The van der Waals surface area contributed by atoms with E-state index in [4.69, 9.17) is 0 Å². The number of anilines is 2. The van der Waals surface area contributed by atoms with Gasteiger partial charge in [-0.05, 0) is 66.9 Å². The van der Waals surface area contributed by atoms with Gasteiger partial charge in [0.1, 0.15) is 11.5 Å². The van der Waals surface area contributed by atoms with E-state index in [0.717, 1.165) is 34.1 Å². The summed E-state index contributed by atoms with van der Waals surface area (Å²) in [4.78, 5) is 31.7. The predicted octanol–water partition coefficient (Wildman–Crippen LogP) is 5.56. The molecule has 5 nitrogen and oxygen atoms in total. The molecule has 0 fully saturated rings. The molecule has 1 aliphatic rings. The summed E-state index contributed by atoms with van der Waals surface area (Å²) in [7, 11) is 0. The minimum atomic E-state index is -0.399. The van der Waals surface area contributed by atoms with E-state index in [9.17, 15) is 14.0 Å². The van der Waals surface area contributed by atoms with Gasteiger partial charge in [-0.25, -0.2) is 9.38 Å². The van der Waals surface area contributed by atoms with Crippen LogP contribution in [0.3, 0.4) is 0 Å². The number of aliphatic imine (C=N–C) groups is 1. The summed E-state index contributed by atoms with van der Waals surface area (Å²) in [5, 5.41) is 3.28. The highest BCUT2D eigenvalue weighted by atomic mass is 32.2. The lowest BCUT2D eigenvalue weighted by atomic mass is 10.1. The van der Waals surface area contributed by atoms with Gasteiger partial charge in [-0.2, -0.15) is 0 Å². The molecule has 3 aromatic carbocycles. The summed E-state index contributed by atoms with van der Waals surface area (Å²) in [6, 6.07) is 20.7. The molecule has 0 saturated heterocycles. The Morgan fingerprint density at radius 3 is 2.48 bits per heavy atom. The highest BCUT2D eigenvalue weighted by Gasteiger charge is 2.32. The van der Waals surface area contributed by atoms with Gasteiger partial charge in [-0.1, -0.05) is 54.2 Å². The van der Waals surface area contributed by atoms with Crippen LogP contribution in [0.5, 0.6) is 0 Å². The number of carbonyl (C=O) groups excluding carboxylic acids is 2. The SMILES string of the molecule is Cc1cccc(NC(=O)CSC2=N/C(=C/c3ccccc3)C(=O)N2c2ccc(F)cc2)c1C. The maximum atomic E-state index is 13.5. The summed E-state index contributed by atoms with van der Waals surface area (Å²) >= 11 is 1.16. The number of halogens is 1. The number of thioether (sulfide) groups is 1. The van der Waals surface area contributed by atoms with Crippen molar-refractivity contribution in [2.75, 3.05) is 16.0 Å². The fraction of sp³-hybridized carbons (Fsp3) is 0.115. The Hall–Kier alpha value is -3.71. The fourth-order valence-corrected chi connectivity index (χ4v) is 4.13. The summed E-state index contributed by atoms with van der Waals surface area (Å²) in [5.74, 6) is -0.869. The molecule has 1 heterocycles. The van der Waals surface area contributed by atoms with Crippen LogP contribution < -0.4 is 10.2 Å². The monoisotopic (exact) mass is 459 g/mol. The molecular formula is C26H22FN3O2S. The smallest absolute Gasteiger partial charge is 0.283 e. The quantitative estimate of drug-likeness (QED) is 0.508. The Labute approximate surface area is 196 Å². The third kappa shape index (κ3) is 5.21. The van der Waals surface area contributed by atoms with Gasteiger partial charge in [0.25, 0.3) is 5.91 Å². The molecule has 4 rings (SSSR count). The molecule has 0 spiro atoms.